The Hall–Kier alpha value is -0.0300. The van der Waals surface area contributed by atoms with Crippen LogP contribution < -0.4 is 5.73 Å². The molecule has 1 aromatic rings. The van der Waals surface area contributed by atoms with Crippen molar-refractivity contribution in [2.24, 2.45) is 11.7 Å². The van der Waals surface area contributed by atoms with Crippen LogP contribution in [-0.4, -0.2) is 23.0 Å². The number of hydrogen-bond donors (Lipinski definition) is 2. The maximum absolute atomic E-state index is 9.38. The molecule has 0 amide bonds. The topological polar surface area (TPSA) is 46.2 Å². The van der Waals surface area contributed by atoms with E-state index in [1.165, 1.54) is 0 Å². The normalized spacial score (nSPS) is 15.1. The lowest BCUT2D eigenvalue weighted by Crippen LogP contribution is -2.39. The number of rotatable bonds is 5. The Bertz CT molecular complexity index is 333. The van der Waals surface area contributed by atoms with Crippen molar-refractivity contribution < 1.29 is 5.11 Å². The average molecular weight is 304 g/mol. The number of aliphatic hydroxyl groups is 1. The minimum Gasteiger partial charge on any atom is -0.395 e. The number of nitrogens with two attached hydrogens (primary N) is 1. The van der Waals surface area contributed by atoms with Gasteiger partial charge in [0.05, 0.1) is 6.61 Å². The number of thioether (sulfide) groups is 1. The second kappa shape index (κ2) is 6.64. The van der Waals surface area contributed by atoms with Crippen LogP contribution in [0.25, 0.3) is 0 Å². The summed E-state index contributed by atoms with van der Waals surface area (Å²) in [7, 11) is 0. The van der Waals surface area contributed by atoms with Crippen molar-refractivity contribution in [2.45, 2.75) is 30.0 Å². The summed E-state index contributed by atoms with van der Waals surface area (Å²) in [5, 5.41) is 9.42. The first-order valence-corrected chi connectivity index (χ1v) is 7.01. The minimum atomic E-state index is 0.00195. The van der Waals surface area contributed by atoms with Gasteiger partial charge in [0.15, 0.2) is 0 Å². The van der Waals surface area contributed by atoms with Crippen LogP contribution in [0, 0.1) is 5.92 Å². The molecule has 0 radical (unpaired) electrons. The Labute approximate surface area is 110 Å². The lowest BCUT2D eigenvalue weighted by molar-refractivity contribution is 0.269. The van der Waals surface area contributed by atoms with Gasteiger partial charge in [0.1, 0.15) is 0 Å². The molecule has 2 unspecified atom stereocenters. The summed E-state index contributed by atoms with van der Waals surface area (Å²) in [6, 6.07) is 8.00. The molecular weight excluding hydrogens is 286 g/mol. The summed E-state index contributed by atoms with van der Waals surface area (Å²) in [5.41, 5.74) is 6.07. The van der Waals surface area contributed by atoms with Gasteiger partial charge < -0.3 is 10.8 Å². The summed E-state index contributed by atoms with van der Waals surface area (Å²) < 4.78 is 1.05. The van der Waals surface area contributed by atoms with Crippen molar-refractivity contribution in [1.82, 2.24) is 0 Å². The quantitative estimate of drug-likeness (QED) is 0.822. The lowest BCUT2D eigenvalue weighted by Gasteiger charge is -2.24. The van der Waals surface area contributed by atoms with Crippen molar-refractivity contribution >= 4 is 27.7 Å². The molecule has 4 heteroatoms. The van der Waals surface area contributed by atoms with E-state index in [1.54, 1.807) is 11.8 Å². The summed E-state index contributed by atoms with van der Waals surface area (Å²) in [4.78, 5) is 1.12. The number of benzene rings is 1. The number of hydrogen-bond acceptors (Lipinski definition) is 3. The molecule has 2 atom stereocenters. The Balaban J connectivity index is 2.74. The Morgan fingerprint density at radius 1 is 1.38 bits per heavy atom. The van der Waals surface area contributed by atoms with E-state index in [0.717, 1.165) is 9.37 Å². The molecule has 0 spiro atoms. The van der Waals surface area contributed by atoms with Gasteiger partial charge in [-0.1, -0.05) is 26.0 Å². The van der Waals surface area contributed by atoms with Crippen molar-refractivity contribution in [3.63, 3.8) is 0 Å². The smallest absolute Gasteiger partial charge is 0.0568 e. The van der Waals surface area contributed by atoms with Gasteiger partial charge in [0.2, 0.25) is 0 Å². The zero-order valence-electron chi connectivity index (χ0n) is 9.56. The maximum atomic E-state index is 9.38. The van der Waals surface area contributed by atoms with Gasteiger partial charge in [0, 0.05) is 20.7 Å². The van der Waals surface area contributed by atoms with Crippen molar-refractivity contribution in [1.29, 1.82) is 0 Å². The Morgan fingerprint density at radius 2 is 2.00 bits per heavy atom. The second-order valence-electron chi connectivity index (χ2n) is 4.09. The third-order valence-corrected chi connectivity index (χ3v) is 4.82. The first-order chi connectivity index (χ1) is 7.56. The first-order valence-electron chi connectivity index (χ1n) is 5.34. The van der Waals surface area contributed by atoms with E-state index < -0.39 is 0 Å². The molecule has 0 saturated carbocycles. The maximum Gasteiger partial charge on any atom is 0.0568 e. The van der Waals surface area contributed by atoms with Gasteiger partial charge in [-0.25, -0.2) is 0 Å². The molecule has 3 N–H and O–H groups in total. The minimum absolute atomic E-state index is 0.00195. The van der Waals surface area contributed by atoms with Crippen LogP contribution in [0.5, 0.6) is 0 Å². The zero-order valence-corrected chi connectivity index (χ0v) is 12.0. The molecule has 0 aliphatic heterocycles. The standard InChI is InChI=1S/C12H18BrNOS/c1-8(2)12(14)11(7-15)16-10-6-4-3-5-9(10)13/h3-6,8,11-12,15H,7,14H2,1-2H3. The van der Waals surface area contributed by atoms with Gasteiger partial charge in [-0.3, -0.25) is 0 Å². The molecule has 1 aromatic carbocycles. The van der Waals surface area contributed by atoms with Crippen molar-refractivity contribution in [3.05, 3.63) is 28.7 Å². The number of aliphatic hydroxyl groups excluding tert-OH is 1. The fraction of sp³-hybridized carbons (Fsp3) is 0.500. The van der Waals surface area contributed by atoms with Crippen LogP contribution in [0.3, 0.4) is 0 Å². The van der Waals surface area contributed by atoms with Gasteiger partial charge in [-0.05, 0) is 34.0 Å². The molecule has 0 fully saturated rings. The van der Waals surface area contributed by atoms with Gasteiger partial charge >= 0.3 is 0 Å². The van der Waals surface area contributed by atoms with Gasteiger partial charge in [-0.2, -0.15) is 0 Å². The van der Waals surface area contributed by atoms with Crippen LogP contribution in [0.2, 0.25) is 0 Å². The predicted molar refractivity (Wildman–Crippen MR) is 73.7 cm³/mol. The first kappa shape index (κ1) is 14.0. The highest BCUT2D eigenvalue weighted by Gasteiger charge is 2.21. The molecular formula is C12H18BrNOS. The molecule has 0 saturated heterocycles. The molecule has 2 nitrogen and oxygen atoms in total. The monoisotopic (exact) mass is 303 g/mol. The lowest BCUT2D eigenvalue weighted by atomic mass is 10.0. The molecule has 0 heterocycles. The molecule has 0 bridgehead atoms. The van der Waals surface area contributed by atoms with E-state index in [2.05, 4.69) is 29.8 Å². The van der Waals surface area contributed by atoms with Crippen LogP contribution in [0.1, 0.15) is 13.8 Å². The van der Waals surface area contributed by atoms with Gasteiger partial charge in [-0.15, -0.1) is 11.8 Å². The zero-order chi connectivity index (χ0) is 12.1. The van der Waals surface area contributed by atoms with Crippen LogP contribution in [0.15, 0.2) is 33.6 Å². The third kappa shape index (κ3) is 3.77. The summed E-state index contributed by atoms with van der Waals surface area (Å²) in [5.74, 6) is 0.368. The Morgan fingerprint density at radius 3 is 2.50 bits per heavy atom. The van der Waals surface area contributed by atoms with E-state index in [0.29, 0.717) is 5.92 Å². The summed E-state index contributed by atoms with van der Waals surface area (Å²) >= 11 is 5.13. The fourth-order valence-corrected chi connectivity index (χ4v) is 3.15. The summed E-state index contributed by atoms with van der Waals surface area (Å²) in [6.07, 6.45) is 0. The highest BCUT2D eigenvalue weighted by Crippen LogP contribution is 2.32. The molecule has 0 aromatic heterocycles. The van der Waals surface area contributed by atoms with Crippen LogP contribution in [0.4, 0.5) is 0 Å². The third-order valence-electron chi connectivity index (χ3n) is 2.49. The fourth-order valence-electron chi connectivity index (χ4n) is 1.37. The molecule has 0 aliphatic carbocycles. The highest BCUT2D eigenvalue weighted by molar-refractivity contribution is 9.10. The van der Waals surface area contributed by atoms with Crippen molar-refractivity contribution in [2.75, 3.05) is 6.61 Å². The Kier molecular flexibility index (Phi) is 5.83. The summed E-state index contributed by atoms with van der Waals surface area (Å²) in [6.45, 7) is 4.26. The highest BCUT2D eigenvalue weighted by atomic mass is 79.9. The van der Waals surface area contributed by atoms with E-state index in [-0.39, 0.29) is 17.9 Å². The van der Waals surface area contributed by atoms with E-state index in [4.69, 9.17) is 5.73 Å². The average Bonchev–Trinajstić information content (AvgIpc) is 2.27. The van der Waals surface area contributed by atoms with Crippen molar-refractivity contribution in [3.8, 4) is 0 Å². The largest absolute Gasteiger partial charge is 0.395 e. The van der Waals surface area contributed by atoms with E-state index in [9.17, 15) is 5.11 Å². The molecule has 16 heavy (non-hydrogen) atoms. The second-order valence-corrected chi connectivity index (χ2v) is 6.23. The van der Waals surface area contributed by atoms with Gasteiger partial charge in [0.25, 0.3) is 0 Å². The SMILES string of the molecule is CC(C)C(N)C(CO)Sc1ccccc1Br. The predicted octanol–water partition coefficient (Wildman–Crippen LogP) is 2.89. The molecule has 1 rings (SSSR count). The molecule has 90 valence electrons. The van der Waals surface area contributed by atoms with Crippen LogP contribution in [-0.2, 0) is 0 Å². The number of halogens is 1. The van der Waals surface area contributed by atoms with Crippen LogP contribution >= 0.6 is 27.7 Å². The van der Waals surface area contributed by atoms with E-state index >= 15 is 0 Å². The molecule has 0 aliphatic rings. The van der Waals surface area contributed by atoms with E-state index in [1.807, 2.05) is 24.3 Å².